The molecule has 0 saturated carbocycles. The van der Waals surface area contributed by atoms with Gasteiger partial charge >= 0.3 is 0 Å². The van der Waals surface area contributed by atoms with Crippen LogP contribution in [0.15, 0.2) is 146 Å². The van der Waals surface area contributed by atoms with Gasteiger partial charge in [0.25, 0.3) is 0 Å². The molecule has 0 amide bonds. The summed E-state index contributed by atoms with van der Waals surface area (Å²) in [7, 11) is 0. The molecule has 0 N–H and O–H groups in total. The molecule has 8 aromatic carbocycles. The molecule has 2 aliphatic carbocycles. The minimum Gasteiger partial charge on any atom is -0.0622 e. The summed E-state index contributed by atoms with van der Waals surface area (Å²) in [5.74, 6) is 0. The molecule has 47 heavy (non-hydrogen) atoms. The van der Waals surface area contributed by atoms with Gasteiger partial charge in [0, 0.05) is 5.41 Å². The van der Waals surface area contributed by atoms with Gasteiger partial charge in [-0.05, 0) is 118 Å². The maximum absolute atomic E-state index is 2.46. The van der Waals surface area contributed by atoms with E-state index in [2.05, 4.69) is 159 Å². The molecule has 0 saturated heterocycles. The summed E-state index contributed by atoms with van der Waals surface area (Å²) < 4.78 is 0. The molecule has 0 aromatic heterocycles. The average Bonchev–Trinajstić information content (AvgIpc) is 3.65. The van der Waals surface area contributed by atoms with Gasteiger partial charge < -0.3 is 0 Å². The van der Waals surface area contributed by atoms with Crippen LogP contribution >= 0.6 is 0 Å². The van der Waals surface area contributed by atoms with Crippen LogP contribution in [0.5, 0.6) is 0 Å². The minimum absolute atomic E-state index is 0.0622. The summed E-state index contributed by atoms with van der Waals surface area (Å²) >= 11 is 0. The molecule has 0 fully saturated rings. The van der Waals surface area contributed by atoms with E-state index in [4.69, 9.17) is 0 Å². The van der Waals surface area contributed by atoms with E-state index >= 15 is 0 Å². The molecule has 0 nitrogen and oxygen atoms in total. The maximum atomic E-state index is 2.46. The van der Waals surface area contributed by atoms with Crippen LogP contribution in [0.2, 0.25) is 0 Å². The van der Waals surface area contributed by atoms with E-state index in [9.17, 15) is 0 Å². The molecule has 222 valence electrons. The second-order valence-corrected chi connectivity index (χ2v) is 13.9. The predicted octanol–water partition coefficient (Wildman–Crippen LogP) is 12.6. The van der Waals surface area contributed by atoms with E-state index in [0.717, 1.165) is 12.8 Å². The molecule has 0 unspecified atom stereocenters. The van der Waals surface area contributed by atoms with Crippen LogP contribution in [0.25, 0.3) is 76.8 Å². The van der Waals surface area contributed by atoms with Crippen molar-refractivity contribution >= 4 is 32.3 Å². The molecule has 0 aliphatic heterocycles. The molecule has 2 aliphatic rings. The smallest absolute Gasteiger partial charge is 0.0159 e. The van der Waals surface area contributed by atoms with Crippen LogP contribution < -0.4 is 0 Å². The van der Waals surface area contributed by atoms with Crippen LogP contribution in [0.1, 0.15) is 36.1 Å². The number of hydrogen-bond donors (Lipinski definition) is 0. The summed E-state index contributed by atoms with van der Waals surface area (Å²) in [6, 6.07) is 54.9. The predicted molar refractivity (Wildman–Crippen MR) is 200 cm³/mol. The Hall–Kier alpha value is -5.46. The van der Waals surface area contributed by atoms with Gasteiger partial charge in [0.15, 0.2) is 0 Å². The zero-order chi connectivity index (χ0) is 31.3. The number of fused-ring (bicyclic) bond motifs is 5. The Morgan fingerprint density at radius 2 is 1.00 bits per heavy atom. The number of benzene rings is 8. The van der Waals surface area contributed by atoms with E-state index in [1.807, 2.05) is 0 Å². The highest BCUT2D eigenvalue weighted by molar-refractivity contribution is 6.25. The van der Waals surface area contributed by atoms with Crippen molar-refractivity contribution in [2.24, 2.45) is 0 Å². The lowest BCUT2D eigenvalue weighted by molar-refractivity contribution is 0.660. The van der Waals surface area contributed by atoms with Crippen LogP contribution in [-0.4, -0.2) is 0 Å². The Bertz CT molecular complexity index is 2570. The Balaban J connectivity index is 1.38. The minimum atomic E-state index is -0.0622. The maximum Gasteiger partial charge on any atom is 0.0159 e. The van der Waals surface area contributed by atoms with Crippen molar-refractivity contribution in [2.45, 2.75) is 32.1 Å². The summed E-state index contributed by atoms with van der Waals surface area (Å²) in [4.78, 5) is 0. The molecule has 0 atom stereocenters. The Kier molecular flexibility index (Phi) is 5.56. The summed E-state index contributed by atoms with van der Waals surface area (Å²) in [5.41, 5.74) is 16.3. The van der Waals surface area contributed by atoms with Gasteiger partial charge in [-0.15, -0.1) is 0 Å². The van der Waals surface area contributed by atoms with E-state index in [0.29, 0.717) is 0 Å². The van der Waals surface area contributed by atoms with Gasteiger partial charge in [-0.3, -0.25) is 0 Å². The van der Waals surface area contributed by atoms with Gasteiger partial charge in [-0.2, -0.15) is 0 Å². The molecular weight excluding hydrogens is 565 g/mol. The average molecular weight is 599 g/mol. The first-order valence-corrected chi connectivity index (χ1v) is 16.9. The highest BCUT2D eigenvalue weighted by Crippen LogP contribution is 2.55. The third kappa shape index (κ3) is 3.70. The number of aryl methyl sites for hydroxylation is 2. The summed E-state index contributed by atoms with van der Waals surface area (Å²) in [6.07, 6.45) is 2.27. The van der Waals surface area contributed by atoms with Crippen LogP contribution in [0.3, 0.4) is 0 Å². The first kappa shape index (κ1) is 26.7. The third-order valence-corrected chi connectivity index (χ3v) is 11.2. The van der Waals surface area contributed by atoms with Gasteiger partial charge in [-0.25, -0.2) is 0 Å². The SMILES string of the molecule is CC1(C)c2ccccc2-c2c(-c3c4ccccc4c(-c4ccc5c6c(cccc46)CC5)c4ccc(-c5ccccc5)cc34)cccc21. The second kappa shape index (κ2) is 9.77. The molecular formula is C47H34. The lowest BCUT2D eigenvalue weighted by Gasteiger charge is -2.23. The van der Waals surface area contributed by atoms with Crippen molar-refractivity contribution in [3.05, 3.63) is 168 Å². The normalized spacial score (nSPS) is 14.2. The Morgan fingerprint density at radius 1 is 0.383 bits per heavy atom. The molecule has 0 bridgehead atoms. The second-order valence-electron chi connectivity index (χ2n) is 13.9. The van der Waals surface area contributed by atoms with Gasteiger partial charge in [0.2, 0.25) is 0 Å². The topological polar surface area (TPSA) is 0 Å². The Labute approximate surface area is 276 Å². The van der Waals surface area contributed by atoms with E-state index in [1.165, 1.54) is 99.1 Å². The summed E-state index contributed by atoms with van der Waals surface area (Å²) in [5, 5.41) is 8.06. The monoisotopic (exact) mass is 598 g/mol. The van der Waals surface area contributed by atoms with Gasteiger partial charge in [-0.1, -0.05) is 153 Å². The third-order valence-electron chi connectivity index (χ3n) is 11.2. The van der Waals surface area contributed by atoms with Crippen molar-refractivity contribution in [2.75, 3.05) is 0 Å². The molecule has 0 radical (unpaired) electrons. The molecule has 0 heteroatoms. The lowest BCUT2D eigenvalue weighted by Crippen LogP contribution is -2.14. The Morgan fingerprint density at radius 3 is 1.83 bits per heavy atom. The fourth-order valence-electron chi connectivity index (χ4n) is 9.00. The quantitative estimate of drug-likeness (QED) is 0.178. The van der Waals surface area contributed by atoms with Crippen LogP contribution in [0, 0.1) is 0 Å². The van der Waals surface area contributed by atoms with Crippen molar-refractivity contribution in [1.82, 2.24) is 0 Å². The van der Waals surface area contributed by atoms with E-state index < -0.39 is 0 Å². The van der Waals surface area contributed by atoms with Crippen LogP contribution in [0.4, 0.5) is 0 Å². The number of hydrogen-bond acceptors (Lipinski definition) is 0. The first-order valence-electron chi connectivity index (χ1n) is 16.9. The van der Waals surface area contributed by atoms with E-state index in [-0.39, 0.29) is 5.41 Å². The lowest BCUT2D eigenvalue weighted by atomic mass is 9.80. The van der Waals surface area contributed by atoms with Gasteiger partial charge in [0.05, 0.1) is 0 Å². The fraction of sp³-hybridized carbons (Fsp3) is 0.106. The summed E-state index contributed by atoms with van der Waals surface area (Å²) in [6.45, 7) is 4.76. The molecule has 8 aromatic rings. The fourth-order valence-corrected chi connectivity index (χ4v) is 9.00. The van der Waals surface area contributed by atoms with Gasteiger partial charge in [0.1, 0.15) is 0 Å². The standard InChI is InChI=1S/C47H34/c1-47(2)41-20-9-8-17-38(41)46-39(19-11-21-42(46)47)45-35-16-7-6-15-34(35)44(36-26-24-31-23-22-30-14-10-18-33(36)43(30)31)37-27-25-32(28-40(37)45)29-12-4-3-5-13-29/h3-21,24-28H,22-23H2,1-2H3. The van der Waals surface area contributed by atoms with Crippen LogP contribution in [-0.2, 0) is 18.3 Å². The zero-order valence-electron chi connectivity index (χ0n) is 26.8. The zero-order valence-corrected chi connectivity index (χ0v) is 26.8. The van der Waals surface area contributed by atoms with Crippen molar-refractivity contribution in [3.8, 4) is 44.5 Å². The van der Waals surface area contributed by atoms with E-state index in [1.54, 1.807) is 0 Å². The van der Waals surface area contributed by atoms with Crippen molar-refractivity contribution < 1.29 is 0 Å². The van der Waals surface area contributed by atoms with Crippen molar-refractivity contribution in [3.63, 3.8) is 0 Å². The number of rotatable bonds is 3. The first-order chi connectivity index (χ1) is 23.1. The molecule has 0 spiro atoms. The molecule has 10 rings (SSSR count). The highest BCUT2D eigenvalue weighted by Gasteiger charge is 2.37. The largest absolute Gasteiger partial charge is 0.0622 e. The molecule has 0 heterocycles. The highest BCUT2D eigenvalue weighted by atomic mass is 14.4. The van der Waals surface area contributed by atoms with Crippen molar-refractivity contribution in [1.29, 1.82) is 0 Å².